The number of allylic oxidation sites excluding steroid dienone is 6. The van der Waals surface area contributed by atoms with E-state index in [1.165, 1.54) is 77.0 Å². The second-order valence-corrected chi connectivity index (χ2v) is 15.0. The molecule has 10 heteroatoms. The van der Waals surface area contributed by atoms with Crippen LogP contribution < -0.4 is 5.73 Å². The lowest BCUT2D eigenvalue weighted by molar-refractivity contribution is -0.161. The third-order valence-corrected chi connectivity index (χ3v) is 9.51. The van der Waals surface area contributed by atoms with Crippen molar-refractivity contribution in [3.63, 3.8) is 0 Å². The van der Waals surface area contributed by atoms with Crippen LogP contribution in [0.3, 0.4) is 0 Å². The van der Waals surface area contributed by atoms with E-state index in [2.05, 4.69) is 50.3 Å². The average molecular weight is 742 g/mol. The Morgan fingerprint density at radius 1 is 0.588 bits per heavy atom. The quantitative estimate of drug-likeness (QED) is 0.0208. The van der Waals surface area contributed by atoms with Gasteiger partial charge in [0.1, 0.15) is 6.61 Å². The molecule has 9 nitrogen and oxygen atoms in total. The Labute approximate surface area is 312 Å². The summed E-state index contributed by atoms with van der Waals surface area (Å²) in [5.41, 5.74) is 5.34. The molecule has 0 aromatic carbocycles. The van der Waals surface area contributed by atoms with Crippen LogP contribution in [-0.2, 0) is 32.7 Å². The molecule has 0 saturated carbocycles. The number of esters is 2. The van der Waals surface area contributed by atoms with Gasteiger partial charge in [-0.1, -0.05) is 140 Å². The van der Waals surface area contributed by atoms with E-state index >= 15 is 0 Å². The number of phosphoric acid groups is 1. The third kappa shape index (κ3) is 37.8. The van der Waals surface area contributed by atoms with Crippen LogP contribution in [0.25, 0.3) is 0 Å². The Kier molecular flexibility index (Phi) is 36.7. The van der Waals surface area contributed by atoms with E-state index in [1.54, 1.807) is 0 Å². The lowest BCUT2D eigenvalue weighted by atomic mass is 10.1. The van der Waals surface area contributed by atoms with Gasteiger partial charge in [0.15, 0.2) is 6.10 Å². The van der Waals surface area contributed by atoms with Crippen molar-refractivity contribution in [2.75, 3.05) is 26.4 Å². The minimum Gasteiger partial charge on any atom is -0.462 e. The van der Waals surface area contributed by atoms with Gasteiger partial charge >= 0.3 is 19.8 Å². The van der Waals surface area contributed by atoms with Crippen molar-refractivity contribution < 1.29 is 37.6 Å². The predicted molar refractivity (Wildman–Crippen MR) is 210 cm³/mol. The minimum absolute atomic E-state index is 0.0484. The summed E-state index contributed by atoms with van der Waals surface area (Å²) in [6.45, 7) is 3.67. The van der Waals surface area contributed by atoms with Gasteiger partial charge in [-0.05, 0) is 64.2 Å². The molecule has 298 valence electrons. The molecular formula is C41H76NO8P. The molecule has 3 N–H and O–H groups in total. The average Bonchev–Trinajstić information content (AvgIpc) is 3.11. The van der Waals surface area contributed by atoms with Gasteiger partial charge in [0.05, 0.1) is 13.2 Å². The molecule has 0 radical (unpaired) electrons. The van der Waals surface area contributed by atoms with E-state index in [-0.39, 0.29) is 32.6 Å². The van der Waals surface area contributed by atoms with E-state index < -0.39 is 32.5 Å². The maximum Gasteiger partial charge on any atom is 0.472 e. The number of hydrogen-bond acceptors (Lipinski definition) is 8. The Hall–Kier alpha value is -1.77. The summed E-state index contributed by atoms with van der Waals surface area (Å²) in [6, 6.07) is 0. The van der Waals surface area contributed by atoms with Crippen LogP contribution in [0.15, 0.2) is 36.5 Å². The molecule has 2 atom stereocenters. The molecule has 0 aliphatic rings. The topological polar surface area (TPSA) is 134 Å². The number of phosphoric ester groups is 1. The maximum absolute atomic E-state index is 12.5. The second-order valence-electron chi connectivity index (χ2n) is 13.5. The summed E-state index contributed by atoms with van der Waals surface area (Å²) < 4.78 is 32.7. The fourth-order valence-corrected chi connectivity index (χ4v) is 6.21. The van der Waals surface area contributed by atoms with Gasteiger partial charge < -0.3 is 20.1 Å². The van der Waals surface area contributed by atoms with Crippen LogP contribution in [0.1, 0.15) is 181 Å². The van der Waals surface area contributed by atoms with Gasteiger partial charge in [0.2, 0.25) is 0 Å². The summed E-state index contributed by atoms with van der Waals surface area (Å²) in [5, 5.41) is 0. The first-order chi connectivity index (χ1) is 24.8. The van der Waals surface area contributed by atoms with Gasteiger partial charge in [0, 0.05) is 19.4 Å². The number of ether oxygens (including phenoxy) is 2. The molecule has 0 aliphatic heterocycles. The van der Waals surface area contributed by atoms with Crippen LogP contribution in [0.5, 0.6) is 0 Å². The van der Waals surface area contributed by atoms with E-state index in [1.807, 2.05) is 0 Å². The molecule has 0 fully saturated rings. The van der Waals surface area contributed by atoms with Crippen molar-refractivity contribution in [1.82, 2.24) is 0 Å². The second kappa shape index (κ2) is 38.0. The summed E-state index contributed by atoms with van der Waals surface area (Å²) in [6.07, 6.45) is 40.3. The Balaban J connectivity index is 4.24. The van der Waals surface area contributed by atoms with Crippen LogP contribution in [-0.4, -0.2) is 49.3 Å². The number of rotatable bonds is 38. The van der Waals surface area contributed by atoms with Crippen molar-refractivity contribution in [3.05, 3.63) is 36.5 Å². The number of nitrogens with two attached hydrogens (primary N) is 1. The molecule has 0 aromatic rings. The number of carbonyl (C=O) groups excluding carboxylic acids is 2. The summed E-state index contributed by atoms with van der Waals surface area (Å²) in [5.74, 6) is -0.865. The van der Waals surface area contributed by atoms with Crippen molar-refractivity contribution >= 4 is 19.8 Å². The zero-order valence-electron chi connectivity index (χ0n) is 32.6. The van der Waals surface area contributed by atoms with E-state index in [4.69, 9.17) is 24.3 Å². The van der Waals surface area contributed by atoms with Gasteiger partial charge in [-0.15, -0.1) is 0 Å². The van der Waals surface area contributed by atoms with Crippen molar-refractivity contribution in [2.45, 2.75) is 187 Å². The predicted octanol–water partition coefficient (Wildman–Crippen LogP) is 11.4. The van der Waals surface area contributed by atoms with Crippen LogP contribution in [0.2, 0.25) is 0 Å². The van der Waals surface area contributed by atoms with Crippen molar-refractivity contribution in [1.29, 1.82) is 0 Å². The number of hydrogen-bond donors (Lipinski definition) is 2. The Morgan fingerprint density at radius 3 is 1.55 bits per heavy atom. The first kappa shape index (κ1) is 49.2. The molecule has 0 aromatic heterocycles. The molecule has 0 rings (SSSR count). The summed E-state index contributed by atoms with van der Waals surface area (Å²) in [4.78, 5) is 34.8. The molecule has 0 saturated heterocycles. The largest absolute Gasteiger partial charge is 0.472 e. The van der Waals surface area contributed by atoms with Gasteiger partial charge in [-0.25, -0.2) is 4.57 Å². The summed E-state index contributed by atoms with van der Waals surface area (Å²) in [7, 11) is -4.38. The molecule has 0 spiro atoms. The van der Waals surface area contributed by atoms with Crippen LogP contribution in [0, 0.1) is 0 Å². The molecular weight excluding hydrogens is 665 g/mol. The highest BCUT2D eigenvalue weighted by molar-refractivity contribution is 7.47. The first-order valence-electron chi connectivity index (χ1n) is 20.5. The molecule has 0 bridgehead atoms. The smallest absolute Gasteiger partial charge is 0.462 e. The molecule has 1 unspecified atom stereocenters. The molecule has 51 heavy (non-hydrogen) atoms. The maximum atomic E-state index is 12.5. The highest BCUT2D eigenvalue weighted by Gasteiger charge is 2.25. The number of unbranched alkanes of at least 4 members (excludes halogenated alkanes) is 20. The lowest BCUT2D eigenvalue weighted by Crippen LogP contribution is -2.29. The fraction of sp³-hybridized carbons (Fsp3) is 0.805. The molecule has 0 aliphatic carbocycles. The zero-order chi connectivity index (χ0) is 37.5. The SMILES string of the molecule is CCCCCC/C=C/C=C/CCCCCCCC(=O)O[C@H](COC(=O)CCCCC/C=C/CCCCCCCCCC)COP(=O)(O)OCCN. The molecule has 0 amide bonds. The standard InChI is InChI=1S/C41H76NO8P/c1-3-5-7-9-11-13-15-17-19-21-23-25-27-29-31-33-40(43)47-37-39(38-49-51(45,46)48-36-35-42)50-41(44)34-32-30-28-26-24-22-20-18-16-14-12-10-8-6-4-2/h14,16,18,20-21,23,39H,3-13,15,17,19,22,24-38,42H2,1-2H3,(H,45,46)/b16-14+,20-18+,23-21+/t39-/m1/s1. The van der Waals surface area contributed by atoms with Crippen molar-refractivity contribution in [2.24, 2.45) is 5.73 Å². The van der Waals surface area contributed by atoms with Crippen molar-refractivity contribution in [3.8, 4) is 0 Å². The molecule has 0 heterocycles. The van der Waals surface area contributed by atoms with Crippen LogP contribution >= 0.6 is 7.82 Å². The van der Waals surface area contributed by atoms with E-state index in [0.717, 1.165) is 64.2 Å². The first-order valence-corrected chi connectivity index (χ1v) is 22.0. The zero-order valence-corrected chi connectivity index (χ0v) is 33.5. The minimum atomic E-state index is -4.38. The lowest BCUT2D eigenvalue weighted by Gasteiger charge is -2.19. The van der Waals surface area contributed by atoms with Gasteiger partial charge in [0.25, 0.3) is 0 Å². The Morgan fingerprint density at radius 2 is 1.02 bits per heavy atom. The number of carbonyl (C=O) groups is 2. The normalized spacial score (nSPS) is 13.7. The van der Waals surface area contributed by atoms with Gasteiger partial charge in [-0.3, -0.25) is 18.6 Å². The Bertz CT molecular complexity index is 939. The van der Waals surface area contributed by atoms with E-state index in [0.29, 0.717) is 12.8 Å². The van der Waals surface area contributed by atoms with Crippen LogP contribution in [0.4, 0.5) is 0 Å². The van der Waals surface area contributed by atoms with E-state index in [9.17, 15) is 19.0 Å². The highest BCUT2D eigenvalue weighted by atomic mass is 31.2. The third-order valence-electron chi connectivity index (χ3n) is 8.53. The fourth-order valence-electron chi connectivity index (χ4n) is 5.44. The van der Waals surface area contributed by atoms with Gasteiger partial charge in [-0.2, -0.15) is 0 Å². The highest BCUT2D eigenvalue weighted by Crippen LogP contribution is 2.43. The monoisotopic (exact) mass is 742 g/mol. The summed E-state index contributed by atoms with van der Waals surface area (Å²) >= 11 is 0.